The molecule has 0 atom stereocenters. The lowest BCUT2D eigenvalue weighted by Gasteiger charge is -2.09. The summed E-state index contributed by atoms with van der Waals surface area (Å²) in [6.45, 7) is 0. The van der Waals surface area contributed by atoms with Crippen molar-refractivity contribution in [1.82, 2.24) is 4.98 Å². The zero-order valence-electron chi connectivity index (χ0n) is 13.8. The number of benzene rings is 2. The van der Waals surface area contributed by atoms with Crippen LogP contribution in [0.4, 0.5) is 5.69 Å². The molecule has 0 fully saturated rings. The summed E-state index contributed by atoms with van der Waals surface area (Å²) in [6, 6.07) is 16.1. The van der Waals surface area contributed by atoms with Gasteiger partial charge in [0.25, 0.3) is 5.91 Å². The van der Waals surface area contributed by atoms with E-state index in [-0.39, 0.29) is 16.2 Å². The number of ether oxygens (including phenoxy) is 1. The van der Waals surface area contributed by atoms with Crippen molar-refractivity contribution in [3.8, 4) is 11.5 Å². The van der Waals surface area contributed by atoms with Crippen molar-refractivity contribution in [1.29, 1.82) is 0 Å². The molecule has 8 heteroatoms. The van der Waals surface area contributed by atoms with Gasteiger partial charge in [0.2, 0.25) is 5.91 Å². The van der Waals surface area contributed by atoms with Crippen molar-refractivity contribution in [3.63, 3.8) is 0 Å². The third kappa shape index (κ3) is 4.97. The molecule has 0 aliphatic rings. The van der Waals surface area contributed by atoms with E-state index in [2.05, 4.69) is 10.3 Å². The van der Waals surface area contributed by atoms with Crippen LogP contribution in [0.15, 0.2) is 60.7 Å². The number of amides is 2. The molecular weight excluding hydrogens is 389 g/mol. The smallest absolute Gasteiger partial charge is 0.255 e. The number of anilines is 1. The number of carbonyl (C=O) groups excluding carboxylic acids is 2. The van der Waals surface area contributed by atoms with Crippen LogP contribution in [0.1, 0.15) is 20.7 Å². The molecule has 2 aromatic carbocycles. The summed E-state index contributed by atoms with van der Waals surface area (Å²) < 4.78 is 5.68. The van der Waals surface area contributed by atoms with E-state index in [1.165, 1.54) is 12.1 Å². The predicted molar refractivity (Wildman–Crippen MR) is 104 cm³/mol. The highest BCUT2D eigenvalue weighted by atomic mass is 35.5. The number of rotatable bonds is 5. The van der Waals surface area contributed by atoms with Gasteiger partial charge >= 0.3 is 0 Å². The van der Waals surface area contributed by atoms with E-state index in [1.807, 2.05) is 0 Å². The SMILES string of the molecule is NC(=O)c1cccc(Oc2ccc(NC(=O)c3cc(Cl)nc(Cl)c3)cc2)c1. The third-order valence-corrected chi connectivity index (χ3v) is 3.88. The van der Waals surface area contributed by atoms with Gasteiger partial charge in [-0.15, -0.1) is 0 Å². The first-order chi connectivity index (χ1) is 12.9. The fourth-order valence-corrected chi connectivity index (χ4v) is 2.71. The maximum Gasteiger partial charge on any atom is 0.255 e. The third-order valence-electron chi connectivity index (χ3n) is 3.49. The largest absolute Gasteiger partial charge is 0.457 e. The Morgan fingerprint density at radius 2 is 1.56 bits per heavy atom. The minimum Gasteiger partial charge on any atom is -0.457 e. The van der Waals surface area contributed by atoms with Gasteiger partial charge in [-0.2, -0.15) is 0 Å². The molecule has 27 heavy (non-hydrogen) atoms. The Kier molecular flexibility index (Phi) is 5.59. The number of nitrogens with one attached hydrogen (secondary N) is 1. The maximum absolute atomic E-state index is 12.3. The van der Waals surface area contributed by atoms with Crippen LogP contribution in [0.25, 0.3) is 0 Å². The van der Waals surface area contributed by atoms with Gasteiger partial charge in [-0.25, -0.2) is 4.98 Å². The molecule has 3 aromatic rings. The van der Waals surface area contributed by atoms with E-state index >= 15 is 0 Å². The molecule has 0 saturated carbocycles. The summed E-state index contributed by atoms with van der Waals surface area (Å²) in [5.74, 6) is 0.104. The molecule has 0 spiro atoms. The fourth-order valence-electron chi connectivity index (χ4n) is 2.25. The van der Waals surface area contributed by atoms with E-state index < -0.39 is 5.91 Å². The summed E-state index contributed by atoms with van der Waals surface area (Å²) in [6.07, 6.45) is 0. The van der Waals surface area contributed by atoms with Gasteiger partial charge in [0.1, 0.15) is 21.8 Å². The van der Waals surface area contributed by atoms with Gasteiger partial charge in [-0.3, -0.25) is 9.59 Å². The standard InChI is InChI=1S/C19H13Cl2N3O3/c20-16-9-12(10-17(21)24-16)19(26)23-13-4-6-14(7-5-13)27-15-3-1-2-11(8-15)18(22)25/h1-10H,(H2,22,25)(H,23,26). The molecule has 3 rings (SSSR count). The normalized spacial score (nSPS) is 10.3. The molecule has 6 nitrogen and oxygen atoms in total. The molecule has 0 aliphatic heterocycles. The van der Waals surface area contributed by atoms with Gasteiger partial charge < -0.3 is 15.8 Å². The Morgan fingerprint density at radius 3 is 2.19 bits per heavy atom. The second kappa shape index (κ2) is 8.07. The topological polar surface area (TPSA) is 94.3 Å². The van der Waals surface area contributed by atoms with Crippen molar-refractivity contribution in [3.05, 3.63) is 82.1 Å². The Morgan fingerprint density at radius 1 is 0.889 bits per heavy atom. The number of halogens is 2. The van der Waals surface area contributed by atoms with Crippen molar-refractivity contribution in [2.75, 3.05) is 5.32 Å². The number of hydrogen-bond donors (Lipinski definition) is 2. The molecule has 3 N–H and O–H groups in total. The highest BCUT2D eigenvalue weighted by Gasteiger charge is 2.09. The molecular formula is C19H13Cl2N3O3. The molecule has 136 valence electrons. The number of aromatic nitrogens is 1. The fraction of sp³-hybridized carbons (Fsp3) is 0. The lowest BCUT2D eigenvalue weighted by molar-refractivity contribution is 0.0997. The van der Waals surface area contributed by atoms with E-state index in [4.69, 9.17) is 33.7 Å². The van der Waals surface area contributed by atoms with Crippen LogP contribution in [0.3, 0.4) is 0 Å². The van der Waals surface area contributed by atoms with E-state index in [9.17, 15) is 9.59 Å². The zero-order chi connectivity index (χ0) is 19.4. The van der Waals surface area contributed by atoms with Gasteiger partial charge in [0, 0.05) is 16.8 Å². The lowest BCUT2D eigenvalue weighted by atomic mass is 10.2. The van der Waals surface area contributed by atoms with Gasteiger partial charge in [0.05, 0.1) is 0 Å². The van der Waals surface area contributed by atoms with Gasteiger partial charge in [-0.1, -0.05) is 29.3 Å². The van der Waals surface area contributed by atoms with Crippen molar-refractivity contribution < 1.29 is 14.3 Å². The summed E-state index contributed by atoms with van der Waals surface area (Å²) in [5, 5.41) is 2.99. The van der Waals surface area contributed by atoms with Gasteiger partial charge in [0.15, 0.2) is 0 Å². The maximum atomic E-state index is 12.3. The summed E-state index contributed by atoms with van der Waals surface area (Å²) in [7, 11) is 0. The van der Waals surface area contributed by atoms with E-state index in [1.54, 1.807) is 48.5 Å². The molecule has 0 saturated heterocycles. The average Bonchev–Trinajstić information content (AvgIpc) is 2.63. The Bertz CT molecular complexity index is 987. The van der Waals surface area contributed by atoms with Gasteiger partial charge in [-0.05, 0) is 54.6 Å². The van der Waals surface area contributed by atoms with Crippen LogP contribution in [0.5, 0.6) is 11.5 Å². The molecule has 2 amide bonds. The Labute approximate surface area is 164 Å². The number of pyridine rings is 1. The minimum absolute atomic E-state index is 0.134. The van der Waals surface area contributed by atoms with Crippen LogP contribution in [-0.2, 0) is 0 Å². The molecule has 0 bridgehead atoms. The van der Waals surface area contributed by atoms with Crippen LogP contribution in [0, 0.1) is 0 Å². The number of carbonyl (C=O) groups is 2. The molecule has 0 aliphatic carbocycles. The second-order valence-electron chi connectivity index (χ2n) is 5.47. The summed E-state index contributed by atoms with van der Waals surface area (Å²) in [5.41, 5.74) is 6.46. The molecule has 1 aromatic heterocycles. The van der Waals surface area contributed by atoms with Crippen LogP contribution >= 0.6 is 23.2 Å². The number of nitrogens with two attached hydrogens (primary N) is 1. The van der Waals surface area contributed by atoms with Crippen molar-refractivity contribution in [2.24, 2.45) is 5.73 Å². The quantitative estimate of drug-likeness (QED) is 0.613. The predicted octanol–water partition coefficient (Wildman–Crippen LogP) is 4.53. The second-order valence-corrected chi connectivity index (χ2v) is 6.25. The first-order valence-electron chi connectivity index (χ1n) is 7.73. The van der Waals surface area contributed by atoms with Crippen molar-refractivity contribution >= 4 is 40.7 Å². The summed E-state index contributed by atoms with van der Waals surface area (Å²) >= 11 is 11.6. The number of hydrogen-bond acceptors (Lipinski definition) is 4. The van der Waals surface area contributed by atoms with Crippen LogP contribution in [-0.4, -0.2) is 16.8 Å². The van der Waals surface area contributed by atoms with Crippen LogP contribution in [0.2, 0.25) is 10.3 Å². The molecule has 0 radical (unpaired) electrons. The average molecular weight is 402 g/mol. The number of primary amides is 1. The Hall–Kier alpha value is -3.09. The lowest BCUT2D eigenvalue weighted by Crippen LogP contribution is -2.12. The highest BCUT2D eigenvalue weighted by molar-refractivity contribution is 6.33. The first-order valence-corrected chi connectivity index (χ1v) is 8.48. The van der Waals surface area contributed by atoms with E-state index in [0.29, 0.717) is 28.3 Å². The highest BCUT2D eigenvalue weighted by Crippen LogP contribution is 2.24. The molecule has 0 unspecified atom stereocenters. The summed E-state index contributed by atoms with van der Waals surface area (Å²) in [4.78, 5) is 27.3. The monoisotopic (exact) mass is 401 g/mol. The molecule has 1 heterocycles. The first kappa shape index (κ1) is 18.7. The zero-order valence-corrected chi connectivity index (χ0v) is 15.3. The minimum atomic E-state index is -0.533. The Balaban J connectivity index is 1.69. The van der Waals surface area contributed by atoms with Crippen molar-refractivity contribution in [2.45, 2.75) is 0 Å². The van der Waals surface area contributed by atoms with Crippen LogP contribution < -0.4 is 15.8 Å². The van der Waals surface area contributed by atoms with E-state index in [0.717, 1.165) is 0 Å². The number of nitrogens with zero attached hydrogens (tertiary/aromatic N) is 1.